The maximum absolute atomic E-state index is 15.9. The minimum Gasteiger partial charge on any atom is -0.319 e. The van der Waals surface area contributed by atoms with Crippen LogP contribution in [0.3, 0.4) is 0 Å². The summed E-state index contributed by atoms with van der Waals surface area (Å²) in [5, 5.41) is -0.588. The van der Waals surface area contributed by atoms with E-state index in [1.807, 2.05) is 48.5 Å². The third-order valence-corrected chi connectivity index (χ3v) is 12.3. The molecule has 4 aromatic rings. The van der Waals surface area contributed by atoms with E-state index in [1.54, 1.807) is 20.8 Å². The van der Waals surface area contributed by atoms with E-state index in [1.165, 1.54) is 23.5 Å². The maximum atomic E-state index is 15.9. The summed E-state index contributed by atoms with van der Waals surface area (Å²) < 4.78 is 126. The SMILES string of the molecule is C=C1CC(Sc2ccc(Sc3ccc(S)cc3)cc2)C(=C)N1c1c(F)c(F)c(-c2c(F)c(F)c(N3C(=C)CC(N)(C(C)(C)C)C3=C)c(F)c2F)c(F)c1F. The molecular weight excluding hydrogens is 771 g/mol. The summed E-state index contributed by atoms with van der Waals surface area (Å²) in [7, 11) is 0. The Morgan fingerprint density at radius 3 is 1.48 bits per heavy atom. The molecule has 0 bridgehead atoms. The highest BCUT2D eigenvalue weighted by atomic mass is 32.2. The number of benzene rings is 4. The van der Waals surface area contributed by atoms with Crippen LogP contribution in [0.15, 0.2) is 117 Å². The smallest absolute Gasteiger partial charge is 0.186 e. The van der Waals surface area contributed by atoms with Gasteiger partial charge >= 0.3 is 0 Å². The van der Waals surface area contributed by atoms with Gasteiger partial charge in [-0.3, -0.25) is 0 Å². The molecule has 282 valence electrons. The summed E-state index contributed by atoms with van der Waals surface area (Å²) in [6, 6.07) is 15.0. The van der Waals surface area contributed by atoms with E-state index < -0.39 is 85.2 Å². The van der Waals surface area contributed by atoms with Gasteiger partial charge in [0.15, 0.2) is 46.5 Å². The van der Waals surface area contributed by atoms with Crippen LogP contribution < -0.4 is 15.5 Å². The lowest BCUT2D eigenvalue weighted by Gasteiger charge is -2.39. The Bertz CT molecular complexity index is 2210. The molecule has 2 saturated heterocycles. The first-order valence-corrected chi connectivity index (χ1v) is 18.4. The molecule has 2 fully saturated rings. The fourth-order valence-corrected chi connectivity index (χ4v) is 8.64. The van der Waals surface area contributed by atoms with Crippen LogP contribution >= 0.6 is 36.2 Å². The molecule has 0 aromatic heterocycles. The van der Waals surface area contributed by atoms with Crippen molar-refractivity contribution in [3.63, 3.8) is 0 Å². The van der Waals surface area contributed by atoms with Gasteiger partial charge in [0.2, 0.25) is 0 Å². The molecule has 0 spiro atoms. The molecule has 2 heterocycles. The maximum Gasteiger partial charge on any atom is 0.186 e. The topological polar surface area (TPSA) is 32.5 Å². The highest BCUT2D eigenvalue weighted by Gasteiger charge is 2.51. The number of rotatable bonds is 7. The van der Waals surface area contributed by atoms with Crippen LogP contribution in [0.25, 0.3) is 11.1 Å². The van der Waals surface area contributed by atoms with Crippen molar-refractivity contribution >= 4 is 47.5 Å². The summed E-state index contributed by atoms with van der Waals surface area (Å²) in [4.78, 5) is 4.98. The molecule has 2 aliphatic rings. The summed E-state index contributed by atoms with van der Waals surface area (Å²) in [5.74, 6) is -17.6. The van der Waals surface area contributed by atoms with Crippen molar-refractivity contribution < 1.29 is 35.1 Å². The quantitative estimate of drug-likeness (QED) is 0.110. The number of nitrogens with zero attached hydrogens (tertiary/aromatic N) is 2. The number of anilines is 2. The Kier molecular flexibility index (Phi) is 10.4. The highest BCUT2D eigenvalue weighted by Crippen LogP contribution is 2.52. The van der Waals surface area contributed by atoms with Crippen LogP contribution in [0.1, 0.15) is 33.6 Å². The second kappa shape index (κ2) is 14.2. The molecule has 2 atom stereocenters. The monoisotopic (exact) mass is 803 g/mol. The Labute approximate surface area is 321 Å². The molecule has 2 N–H and O–H groups in total. The van der Waals surface area contributed by atoms with Crippen molar-refractivity contribution in [1.29, 1.82) is 0 Å². The number of thiol groups is 1. The second-order valence-electron chi connectivity index (χ2n) is 14.0. The molecule has 54 heavy (non-hydrogen) atoms. The van der Waals surface area contributed by atoms with E-state index in [-0.39, 0.29) is 35.6 Å². The molecule has 0 aliphatic carbocycles. The van der Waals surface area contributed by atoms with Crippen molar-refractivity contribution in [3.8, 4) is 11.1 Å². The first-order valence-electron chi connectivity index (χ1n) is 16.3. The summed E-state index contributed by atoms with van der Waals surface area (Å²) in [5.41, 5.74) is -2.47. The van der Waals surface area contributed by atoms with Crippen LogP contribution in [-0.2, 0) is 0 Å². The molecule has 0 saturated carbocycles. The van der Waals surface area contributed by atoms with E-state index in [2.05, 4.69) is 38.9 Å². The van der Waals surface area contributed by atoms with Gasteiger partial charge in [-0.25, -0.2) is 35.1 Å². The molecule has 4 aromatic carbocycles. The van der Waals surface area contributed by atoms with Crippen molar-refractivity contribution in [2.24, 2.45) is 11.1 Å². The highest BCUT2D eigenvalue weighted by molar-refractivity contribution is 8.00. The van der Waals surface area contributed by atoms with E-state index in [0.29, 0.717) is 4.90 Å². The molecule has 3 nitrogen and oxygen atoms in total. The zero-order valence-electron chi connectivity index (χ0n) is 29.2. The molecule has 2 aliphatic heterocycles. The third-order valence-electron chi connectivity index (χ3n) is 9.67. The number of hydrogen-bond donors (Lipinski definition) is 2. The third kappa shape index (κ3) is 6.44. The Morgan fingerprint density at radius 2 is 1.06 bits per heavy atom. The van der Waals surface area contributed by atoms with Gasteiger partial charge < -0.3 is 15.5 Å². The standard InChI is InChI=1S/C40H33F8N3S3/c1-18-16-26(54-25-14-12-24(13-15-25)53-23-10-8-22(52)9-11-23)20(3)50(18)37-33(45)29(41)27(30(42)34(37)46)28-31(43)35(47)38(36(48)32(28)44)51-19(2)17-40(49,21(51)4)39(5,6)7/h8-15,26,52H,1-4,16-17,49H2,5-7H3. The van der Waals surface area contributed by atoms with Gasteiger partial charge in [0.1, 0.15) is 11.4 Å². The first-order chi connectivity index (χ1) is 25.2. The fraction of sp³-hybridized carbons (Fsp3) is 0.200. The van der Waals surface area contributed by atoms with Crippen LogP contribution in [0, 0.1) is 52.0 Å². The van der Waals surface area contributed by atoms with Crippen molar-refractivity contribution in [2.45, 2.75) is 64.0 Å². The van der Waals surface area contributed by atoms with Crippen LogP contribution in [0.4, 0.5) is 46.5 Å². The van der Waals surface area contributed by atoms with Gasteiger partial charge in [0.25, 0.3) is 0 Å². The molecule has 0 radical (unpaired) electrons. The lowest BCUT2D eigenvalue weighted by Crippen LogP contribution is -2.51. The molecular formula is C40H33F8N3S3. The normalized spacial score (nSPS) is 19.2. The van der Waals surface area contributed by atoms with E-state index >= 15 is 35.1 Å². The summed E-state index contributed by atoms with van der Waals surface area (Å²) >= 11 is 7.07. The Morgan fingerprint density at radius 1 is 0.648 bits per heavy atom. The predicted molar refractivity (Wildman–Crippen MR) is 203 cm³/mol. The van der Waals surface area contributed by atoms with E-state index in [4.69, 9.17) is 5.73 Å². The largest absolute Gasteiger partial charge is 0.319 e. The molecule has 14 heteroatoms. The minimum atomic E-state index is -2.31. The minimum absolute atomic E-state index is 0.00996. The van der Waals surface area contributed by atoms with Crippen molar-refractivity contribution in [2.75, 3.05) is 9.80 Å². The van der Waals surface area contributed by atoms with Crippen molar-refractivity contribution in [3.05, 3.63) is 144 Å². The summed E-state index contributed by atoms with van der Waals surface area (Å²) in [6.45, 7) is 20.3. The van der Waals surface area contributed by atoms with E-state index in [9.17, 15) is 0 Å². The Balaban J connectivity index is 1.32. The summed E-state index contributed by atoms with van der Waals surface area (Å²) in [6.07, 6.45) is -0.0434. The van der Waals surface area contributed by atoms with Gasteiger partial charge in [-0.05, 0) is 53.9 Å². The average Bonchev–Trinajstić information content (AvgIpc) is 3.52. The average molecular weight is 804 g/mol. The number of hydrogen-bond acceptors (Lipinski definition) is 6. The molecule has 6 rings (SSSR count). The fourth-order valence-electron chi connectivity index (χ4n) is 6.54. The van der Waals surface area contributed by atoms with Crippen LogP contribution in [0.5, 0.6) is 0 Å². The number of thioether (sulfide) groups is 1. The zero-order valence-corrected chi connectivity index (χ0v) is 31.7. The van der Waals surface area contributed by atoms with Crippen LogP contribution in [-0.4, -0.2) is 10.8 Å². The lowest BCUT2D eigenvalue weighted by molar-refractivity contribution is 0.239. The van der Waals surface area contributed by atoms with Gasteiger partial charge in [-0.15, -0.1) is 24.4 Å². The van der Waals surface area contributed by atoms with Gasteiger partial charge in [-0.2, -0.15) is 0 Å². The van der Waals surface area contributed by atoms with Gasteiger partial charge in [0, 0.05) is 55.2 Å². The van der Waals surface area contributed by atoms with E-state index in [0.717, 1.165) is 24.5 Å². The zero-order chi connectivity index (χ0) is 39.8. The predicted octanol–water partition coefficient (Wildman–Crippen LogP) is 12.3. The lowest BCUT2D eigenvalue weighted by atomic mass is 9.72. The van der Waals surface area contributed by atoms with Crippen molar-refractivity contribution in [1.82, 2.24) is 0 Å². The Hall–Kier alpha value is -4.11. The molecule has 2 unspecified atom stereocenters. The number of allylic oxidation sites excluding steroid dienone is 1. The van der Waals surface area contributed by atoms with Gasteiger partial charge in [0.05, 0.1) is 21.9 Å². The molecule has 0 amide bonds. The number of halogens is 8. The van der Waals surface area contributed by atoms with Crippen LogP contribution in [0.2, 0.25) is 0 Å². The van der Waals surface area contributed by atoms with Gasteiger partial charge in [-0.1, -0.05) is 58.8 Å². The number of nitrogens with two attached hydrogens (primary N) is 1. The second-order valence-corrected chi connectivity index (χ2v) is 16.9. The first kappa shape index (κ1) is 39.6.